The number of aromatic carboxylic acids is 1. The van der Waals surface area contributed by atoms with Crippen LogP contribution >= 0.6 is 0 Å². The van der Waals surface area contributed by atoms with Gasteiger partial charge in [0, 0.05) is 13.5 Å². The van der Waals surface area contributed by atoms with Crippen LogP contribution < -0.4 is 0 Å². The highest BCUT2D eigenvalue weighted by atomic mass is 19.1. The van der Waals surface area contributed by atoms with Crippen LogP contribution in [0.4, 0.5) is 4.39 Å². The number of hydrogen-bond donors (Lipinski definition) is 1. The Morgan fingerprint density at radius 1 is 1.83 bits per heavy atom. The minimum atomic E-state index is -1.06. The zero-order chi connectivity index (χ0) is 9.14. The number of alkyl halides is 1. The summed E-state index contributed by atoms with van der Waals surface area (Å²) in [6.07, 6.45) is 1.32. The molecule has 1 rings (SSSR count). The number of carboxylic acids is 1. The zero-order valence-electron chi connectivity index (χ0n) is 6.62. The number of carboxylic acid groups (broad SMARTS) is 1. The van der Waals surface area contributed by atoms with Crippen LogP contribution in [0.5, 0.6) is 0 Å². The molecule has 0 bridgehead atoms. The lowest BCUT2D eigenvalue weighted by molar-refractivity contribution is 0.0695. The Labute approximate surface area is 68.6 Å². The molecule has 0 amide bonds. The van der Waals surface area contributed by atoms with Crippen molar-refractivity contribution in [3.63, 3.8) is 0 Å². The van der Waals surface area contributed by atoms with E-state index in [1.807, 2.05) is 0 Å². The van der Waals surface area contributed by atoms with Gasteiger partial charge in [-0.3, -0.25) is 9.07 Å². The van der Waals surface area contributed by atoms with Crippen molar-refractivity contribution in [2.45, 2.75) is 6.42 Å². The fourth-order valence-corrected chi connectivity index (χ4v) is 1.03. The summed E-state index contributed by atoms with van der Waals surface area (Å²) < 4.78 is 13.3. The first-order chi connectivity index (χ1) is 5.66. The van der Waals surface area contributed by atoms with Gasteiger partial charge in [-0.15, -0.1) is 0 Å². The predicted molar refractivity (Wildman–Crippen MR) is 39.8 cm³/mol. The number of carbonyl (C=O) groups is 1. The van der Waals surface area contributed by atoms with Gasteiger partial charge in [0.05, 0.1) is 18.6 Å². The van der Waals surface area contributed by atoms with Crippen molar-refractivity contribution in [2.75, 3.05) is 6.67 Å². The van der Waals surface area contributed by atoms with Crippen LogP contribution in [0.15, 0.2) is 6.20 Å². The van der Waals surface area contributed by atoms with Crippen molar-refractivity contribution in [3.8, 4) is 0 Å². The number of aryl methyl sites for hydroxylation is 1. The molecular weight excluding hydrogens is 163 g/mol. The molecule has 0 saturated carbocycles. The van der Waals surface area contributed by atoms with E-state index in [-0.39, 0.29) is 12.0 Å². The smallest absolute Gasteiger partial charge is 0.339 e. The summed E-state index contributed by atoms with van der Waals surface area (Å²) in [6.45, 7) is -0.570. The summed E-state index contributed by atoms with van der Waals surface area (Å²) in [6, 6.07) is 0. The summed E-state index contributed by atoms with van der Waals surface area (Å²) in [7, 11) is 1.59. The van der Waals surface area contributed by atoms with E-state index >= 15 is 0 Å². The molecule has 1 N–H and O–H groups in total. The monoisotopic (exact) mass is 172 g/mol. The molecule has 0 saturated heterocycles. The van der Waals surface area contributed by atoms with Crippen LogP contribution in [-0.4, -0.2) is 27.5 Å². The maximum atomic E-state index is 11.9. The molecule has 4 nitrogen and oxygen atoms in total. The molecule has 1 heterocycles. The average molecular weight is 172 g/mol. The van der Waals surface area contributed by atoms with E-state index in [1.54, 1.807) is 7.05 Å². The summed E-state index contributed by atoms with van der Waals surface area (Å²) in [5.41, 5.74) is 0.500. The van der Waals surface area contributed by atoms with E-state index in [9.17, 15) is 9.18 Å². The Morgan fingerprint density at radius 2 is 2.50 bits per heavy atom. The number of hydrogen-bond acceptors (Lipinski definition) is 2. The molecule has 12 heavy (non-hydrogen) atoms. The molecule has 0 aliphatic rings. The van der Waals surface area contributed by atoms with E-state index < -0.39 is 12.6 Å². The second-order valence-electron chi connectivity index (χ2n) is 2.37. The molecule has 5 heteroatoms. The van der Waals surface area contributed by atoms with Crippen LogP contribution in [-0.2, 0) is 13.5 Å². The second kappa shape index (κ2) is 3.34. The number of halogens is 1. The van der Waals surface area contributed by atoms with E-state index in [2.05, 4.69) is 5.10 Å². The summed E-state index contributed by atoms with van der Waals surface area (Å²) in [5.74, 6) is -1.06. The van der Waals surface area contributed by atoms with Crippen molar-refractivity contribution < 1.29 is 14.3 Å². The van der Waals surface area contributed by atoms with Gasteiger partial charge in [-0.25, -0.2) is 4.79 Å². The van der Waals surface area contributed by atoms with Gasteiger partial charge in [0.25, 0.3) is 0 Å². The average Bonchev–Trinajstić information content (AvgIpc) is 2.34. The Kier molecular flexibility index (Phi) is 2.42. The third-order valence-electron chi connectivity index (χ3n) is 1.62. The van der Waals surface area contributed by atoms with Gasteiger partial charge in [-0.1, -0.05) is 0 Å². The highest BCUT2D eigenvalue weighted by molar-refractivity contribution is 5.88. The first kappa shape index (κ1) is 8.70. The third kappa shape index (κ3) is 1.44. The first-order valence-corrected chi connectivity index (χ1v) is 3.47. The highest BCUT2D eigenvalue weighted by Gasteiger charge is 2.13. The topological polar surface area (TPSA) is 55.1 Å². The van der Waals surface area contributed by atoms with Crippen LogP contribution in [0, 0.1) is 0 Å². The van der Waals surface area contributed by atoms with Gasteiger partial charge < -0.3 is 5.11 Å². The number of aromatic nitrogens is 2. The Bertz CT molecular complexity index is 296. The summed E-state index contributed by atoms with van der Waals surface area (Å²) in [5, 5.41) is 12.4. The largest absolute Gasteiger partial charge is 0.478 e. The zero-order valence-corrected chi connectivity index (χ0v) is 6.62. The standard InChI is InChI=1S/C7H9FN2O2/c1-10-6(2-3-8)5(4-9-10)7(11)12/h4H,2-3H2,1H3,(H,11,12). The molecule has 0 fully saturated rings. The fraction of sp³-hybridized carbons (Fsp3) is 0.429. The molecule has 0 radical (unpaired) electrons. The van der Waals surface area contributed by atoms with Crippen LogP contribution in [0.1, 0.15) is 16.1 Å². The van der Waals surface area contributed by atoms with E-state index in [0.717, 1.165) is 0 Å². The van der Waals surface area contributed by atoms with Crippen LogP contribution in [0.2, 0.25) is 0 Å². The quantitative estimate of drug-likeness (QED) is 0.727. The third-order valence-corrected chi connectivity index (χ3v) is 1.62. The molecule has 1 aromatic rings. The van der Waals surface area contributed by atoms with Crippen LogP contribution in [0.25, 0.3) is 0 Å². The van der Waals surface area contributed by atoms with Crippen molar-refractivity contribution in [2.24, 2.45) is 7.05 Å². The minimum absolute atomic E-state index is 0.0788. The maximum absolute atomic E-state index is 11.9. The van der Waals surface area contributed by atoms with Gasteiger partial charge in [0.1, 0.15) is 5.56 Å². The lowest BCUT2D eigenvalue weighted by Gasteiger charge is -1.98. The normalized spacial score (nSPS) is 10.2. The lowest BCUT2D eigenvalue weighted by atomic mass is 10.2. The lowest BCUT2D eigenvalue weighted by Crippen LogP contribution is -2.05. The summed E-state index contributed by atoms with van der Waals surface area (Å²) in [4.78, 5) is 10.5. The highest BCUT2D eigenvalue weighted by Crippen LogP contribution is 2.08. The number of rotatable bonds is 3. The molecule has 66 valence electrons. The second-order valence-corrected chi connectivity index (χ2v) is 2.37. The number of nitrogens with zero attached hydrogens (tertiary/aromatic N) is 2. The van der Waals surface area contributed by atoms with Gasteiger partial charge >= 0.3 is 5.97 Å². The van der Waals surface area contributed by atoms with Crippen molar-refractivity contribution in [1.82, 2.24) is 9.78 Å². The van der Waals surface area contributed by atoms with Gasteiger partial charge in [-0.2, -0.15) is 5.10 Å². The molecular formula is C7H9FN2O2. The van der Waals surface area contributed by atoms with Crippen molar-refractivity contribution >= 4 is 5.97 Å². The van der Waals surface area contributed by atoms with Gasteiger partial charge in [0.15, 0.2) is 0 Å². The predicted octanol–water partition coefficient (Wildman–Crippen LogP) is 0.630. The van der Waals surface area contributed by atoms with Crippen LogP contribution in [0.3, 0.4) is 0 Å². The molecule has 0 atom stereocenters. The molecule has 0 aromatic carbocycles. The fourth-order valence-electron chi connectivity index (χ4n) is 1.03. The molecule has 1 aromatic heterocycles. The van der Waals surface area contributed by atoms with E-state index in [1.165, 1.54) is 10.9 Å². The Hall–Kier alpha value is -1.39. The van der Waals surface area contributed by atoms with E-state index in [4.69, 9.17) is 5.11 Å². The Balaban J connectivity index is 3.03. The van der Waals surface area contributed by atoms with Gasteiger partial charge in [0.2, 0.25) is 0 Å². The maximum Gasteiger partial charge on any atom is 0.339 e. The van der Waals surface area contributed by atoms with E-state index in [0.29, 0.717) is 5.69 Å². The SMILES string of the molecule is Cn1ncc(C(=O)O)c1CCF. The first-order valence-electron chi connectivity index (χ1n) is 3.47. The van der Waals surface area contributed by atoms with Crippen molar-refractivity contribution in [3.05, 3.63) is 17.5 Å². The molecule has 0 aliphatic heterocycles. The summed E-state index contributed by atoms with van der Waals surface area (Å²) >= 11 is 0. The van der Waals surface area contributed by atoms with Crippen molar-refractivity contribution in [1.29, 1.82) is 0 Å². The molecule has 0 aliphatic carbocycles. The van der Waals surface area contributed by atoms with Gasteiger partial charge in [-0.05, 0) is 0 Å². The minimum Gasteiger partial charge on any atom is -0.478 e. The molecule has 0 spiro atoms. The Morgan fingerprint density at radius 3 is 3.00 bits per heavy atom. The molecule has 0 unspecified atom stereocenters.